The van der Waals surface area contributed by atoms with Crippen molar-refractivity contribution < 1.29 is 27.4 Å². The molecule has 2 aromatic rings. The van der Waals surface area contributed by atoms with Crippen LogP contribution in [0.15, 0.2) is 48.5 Å². The van der Waals surface area contributed by atoms with Crippen LogP contribution in [0, 0.1) is 0 Å². The van der Waals surface area contributed by atoms with Crippen LogP contribution in [-0.4, -0.2) is 20.1 Å². The van der Waals surface area contributed by atoms with Crippen molar-refractivity contribution in [2.24, 2.45) is 0 Å². The summed E-state index contributed by atoms with van der Waals surface area (Å²) in [5.74, 6) is 0.621. The summed E-state index contributed by atoms with van der Waals surface area (Å²) in [6.07, 6.45) is -1.57. The van der Waals surface area contributed by atoms with E-state index in [0.717, 1.165) is 12.1 Å². The van der Waals surface area contributed by atoms with Crippen LogP contribution in [0.4, 0.5) is 18.9 Å². The Morgan fingerprint density at radius 2 is 1.64 bits per heavy atom. The third-order valence-electron chi connectivity index (χ3n) is 3.31. The summed E-state index contributed by atoms with van der Waals surface area (Å²) >= 11 is 0. The Hall–Kier alpha value is -2.96. The molecule has 0 bridgehead atoms. The first kappa shape index (κ1) is 18.4. The first-order valence-electron chi connectivity index (χ1n) is 7.22. The third-order valence-corrected chi connectivity index (χ3v) is 3.31. The highest BCUT2D eigenvalue weighted by Gasteiger charge is 2.29. The summed E-state index contributed by atoms with van der Waals surface area (Å²) < 4.78 is 47.8. The Bertz CT molecular complexity index is 768. The van der Waals surface area contributed by atoms with E-state index < -0.39 is 17.6 Å². The van der Waals surface area contributed by atoms with Crippen molar-refractivity contribution in [1.29, 1.82) is 0 Å². The zero-order valence-corrected chi connectivity index (χ0v) is 13.6. The summed E-state index contributed by atoms with van der Waals surface area (Å²) in [7, 11) is 3.02. The minimum Gasteiger partial charge on any atom is -0.493 e. The quantitative estimate of drug-likeness (QED) is 0.814. The van der Waals surface area contributed by atoms with Crippen LogP contribution < -0.4 is 14.8 Å². The first-order chi connectivity index (χ1) is 11.8. The van der Waals surface area contributed by atoms with Gasteiger partial charge in [-0.05, 0) is 48.0 Å². The lowest BCUT2D eigenvalue weighted by atomic mass is 10.2. The van der Waals surface area contributed by atoms with Gasteiger partial charge in [-0.3, -0.25) is 4.79 Å². The lowest BCUT2D eigenvalue weighted by molar-refractivity contribution is -0.137. The highest BCUT2D eigenvalue weighted by Crippen LogP contribution is 2.30. The summed E-state index contributed by atoms with van der Waals surface area (Å²) in [6, 6.07) is 9.35. The summed E-state index contributed by atoms with van der Waals surface area (Å²) in [5, 5.41) is 2.49. The van der Waals surface area contributed by atoms with Gasteiger partial charge >= 0.3 is 6.18 Å². The van der Waals surface area contributed by atoms with Gasteiger partial charge in [-0.1, -0.05) is 6.07 Å². The molecule has 132 valence electrons. The highest BCUT2D eigenvalue weighted by atomic mass is 19.4. The molecule has 2 rings (SSSR count). The fourth-order valence-electron chi connectivity index (χ4n) is 2.05. The molecule has 0 saturated carbocycles. The second-order valence-corrected chi connectivity index (χ2v) is 5.01. The van der Waals surface area contributed by atoms with E-state index in [1.165, 1.54) is 32.4 Å². The number of nitrogens with one attached hydrogen (secondary N) is 1. The van der Waals surface area contributed by atoms with E-state index in [-0.39, 0.29) is 5.69 Å². The van der Waals surface area contributed by atoms with Gasteiger partial charge in [-0.25, -0.2) is 0 Å². The minimum atomic E-state index is -4.41. The van der Waals surface area contributed by atoms with E-state index in [0.29, 0.717) is 17.1 Å². The maximum Gasteiger partial charge on any atom is 0.416 e. The van der Waals surface area contributed by atoms with Crippen LogP contribution in [0.1, 0.15) is 11.1 Å². The predicted molar refractivity (Wildman–Crippen MR) is 88.7 cm³/mol. The van der Waals surface area contributed by atoms with Crippen molar-refractivity contribution in [3.8, 4) is 11.5 Å². The van der Waals surface area contributed by atoms with Crippen LogP contribution in [0.2, 0.25) is 0 Å². The number of benzene rings is 2. The third kappa shape index (κ3) is 5.00. The molecule has 0 heterocycles. The average molecular weight is 351 g/mol. The maximum atomic E-state index is 12.5. The Morgan fingerprint density at radius 3 is 2.20 bits per heavy atom. The number of hydrogen-bond acceptors (Lipinski definition) is 3. The number of amides is 1. The number of alkyl halides is 3. The van der Waals surface area contributed by atoms with Crippen molar-refractivity contribution in [1.82, 2.24) is 0 Å². The molecule has 0 saturated heterocycles. The number of methoxy groups -OCH3 is 2. The average Bonchev–Trinajstić information content (AvgIpc) is 2.59. The number of halogens is 3. The predicted octanol–water partition coefficient (Wildman–Crippen LogP) is 4.37. The summed E-state index contributed by atoms with van der Waals surface area (Å²) in [6.45, 7) is 0. The number of ether oxygens (including phenoxy) is 2. The largest absolute Gasteiger partial charge is 0.493 e. The molecule has 0 unspecified atom stereocenters. The summed E-state index contributed by atoms with van der Waals surface area (Å²) in [4.78, 5) is 11.9. The Kier molecular flexibility index (Phi) is 5.69. The fraction of sp³-hybridized carbons (Fsp3) is 0.167. The second kappa shape index (κ2) is 7.74. The van der Waals surface area contributed by atoms with Crippen molar-refractivity contribution in [2.45, 2.75) is 6.18 Å². The second-order valence-electron chi connectivity index (χ2n) is 5.01. The van der Waals surface area contributed by atoms with Gasteiger partial charge in [-0.15, -0.1) is 0 Å². The zero-order chi connectivity index (χ0) is 18.4. The number of carbonyl (C=O) groups excluding carboxylic acids is 1. The molecule has 1 N–H and O–H groups in total. The molecule has 1 amide bonds. The lowest BCUT2D eigenvalue weighted by Gasteiger charge is -2.08. The SMILES string of the molecule is COc1ccc(/C=C/C(=O)Nc2ccc(C(F)(F)F)cc2)cc1OC. The zero-order valence-electron chi connectivity index (χ0n) is 13.6. The highest BCUT2D eigenvalue weighted by molar-refractivity contribution is 6.01. The first-order valence-corrected chi connectivity index (χ1v) is 7.22. The van der Waals surface area contributed by atoms with Crippen molar-refractivity contribution in [2.75, 3.05) is 19.5 Å². The normalized spacial score (nSPS) is 11.4. The van der Waals surface area contributed by atoms with Gasteiger partial charge in [0.2, 0.25) is 5.91 Å². The van der Waals surface area contributed by atoms with E-state index in [1.807, 2.05) is 0 Å². The molecule has 0 atom stereocenters. The Balaban J connectivity index is 2.03. The molecule has 0 radical (unpaired) electrons. The smallest absolute Gasteiger partial charge is 0.416 e. The van der Waals surface area contributed by atoms with E-state index in [4.69, 9.17) is 9.47 Å². The number of hydrogen-bond donors (Lipinski definition) is 1. The number of carbonyl (C=O) groups is 1. The molecule has 0 aliphatic rings. The van der Waals surface area contributed by atoms with Crippen molar-refractivity contribution in [3.63, 3.8) is 0 Å². The molecule has 0 spiro atoms. The van der Waals surface area contributed by atoms with Crippen LogP contribution in [0.5, 0.6) is 11.5 Å². The molecule has 0 aliphatic heterocycles. The van der Waals surface area contributed by atoms with Crippen LogP contribution >= 0.6 is 0 Å². The van der Waals surface area contributed by atoms with Gasteiger partial charge in [0.25, 0.3) is 0 Å². The minimum absolute atomic E-state index is 0.273. The van der Waals surface area contributed by atoms with Crippen molar-refractivity contribution in [3.05, 3.63) is 59.7 Å². The molecule has 25 heavy (non-hydrogen) atoms. The monoisotopic (exact) mass is 351 g/mol. The van der Waals surface area contributed by atoms with E-state index in [9.17, 15) is 18.0 Å². The molecular formula is C18H16F3NO3. The van der Waals surface area contributed by atoms with Crippen LogP contribution in [0.3, 0.4) is 0 Å². The molecule has 7 heteroatoms. The topological polar surface area (TPSA) is 47.6 Å². The molecule has 0 aliphatic carbocycles. The Morgan fingerprint density at radius 1 is 1.00 bits per heavy atom. The van der Waals surface area contributed by atoms with Gasteiger partial charge < -0.3 is 14.8 Å². The van der Waals surface area contributed by atoms with Gasteiger partial charge in [0, 0.05) is 11.8 Å². The maximum absolute atomic E-state index is 12.5. The van der Waals surface area contributed by atoms with Crippen LogP contribution in [0.25, 0.3) is 6.08 Å². The summed E-state index contributed by atoms with van der Waals surface area (Å²) in [5.41, 5.74) is 0.210. The van der Waals surface area contributed by atoms with E-state index in [2.05, 4.69) is 5.32 Å². The van der Waals surface area contributed by atoms with Gasteiger partial charge in [0.1, 0.15) is 0 Å². The lowest BCUT2D eigenvalue weighted by Crippen LogP contribution is -2.09. The standard InChI is InChI=1S/C18H16F3NO3/c1-24-15-9-3-12(11-16(15)25-2)4-10-17(23)22-14-7-5-13(6-8-14)18(19,20)21/h3-11H,1-2H3,(H,22,23)/b10-4+. The molecule has 0 aromatic heterocycles. The fourth-order valence-corrected chi connectivity index (χ4v) is 2.05. The Labute approximate surface area is 142 Å². The number of anilines is 1. The molecule has 4 nitrogen and oxygen atoms in total. The van der Waals surface area contributed by atoms with Gasteiger partial charge in [0.05, 0.1) is 19.8 Å². The van der Waals surface area contributed by atoms with E-state index in [1.54, 1.807) is 24.3 Å². The van der Waals surface area contributed by atoms with E-state index >= 15 is 0 Å². The molecular weight excluding hydrogens is 335 g/mol. The van der Waals surface area contributed by atoms with Gasteiger partial charge in [0.15, 0.2) is 11.5 Å². The van der Waals surface area contributed by atoms with Crippen LogP contribution in [-0.2, 0) is 11.0 Å². The van der Waals surface area contributed by atoms with Gasteiger partial charge in [-0.2, -0.15) is 13.2 Å². The molecule has 2 aromatic carbocycles. The molecule has 0 fully saturated rings. The van der Waals surface area contributed by atoms with Crippen molar-refractivity contribution >= 4 is 17.7 Å². The number of rotatable bonds is 5.